The SMILES string of the molecule is C=C(Nc1cc(C)cc2c(-c3ccnc(NC(=C)C4CC4)c3)c[nH]c12)c1cnc(C)cn1. The highest BCUT2D eigenvalue weighted by atomic mass is 15.0. The Morgan fingerprint density at radius 1 is 1.03 bits per heavy atom. The Balaban J connectivity index is 1.47. The molecule has 1 aliphatic rings. The number of nitrogens with zero attached hydrogens (tertiary/aromatic N) is 3. The molecule has 4 aromatic rings. The van der Waals surface area contributed by atoms with Crippen LogP contribution < -0.4 is 10.6 Å². The molecule has 3 N–H and O–H groups in total. The van der Waals surface area contributed by atoms with Gasteiger partial charge in [-0.2, -0.15) is 0 Å². The van der Waals surface area contributed by atoms with E-state index in [9.17, 15) is 0 Å². The predicted molar refractivity (Wildman–Crippen MR) is 131 cm³/mol. The minimum Gasteiger partial charge on any atom is -0.359 e. The number of fused-ring (bicyclic) bond motifs is 1. The van der Waals surface area contributed by atoms with Gasteiger partial charge in [0, 0.05) is 35.2 Å². The average Bonchev–Trinajstić information content (AvgIpc) is 3.54. The summed E-state index contributed by atoms with van der Waals surface area (Å²) in [6, 6.07) is 8.41. The highest BCUT2D eigenvalue weighted by Gasteiger charge is 2.24. The first-order valence-corrected chi connectivity index (χ1v) is 10.8. The molecule has 0 amide bonds. The molecular formula is C26H26N6. The smallest absolute Gasteiger partial charge is 0.130 e. The van der Waals surface area contributed by atoms with Crippen LogP contribution in [0.4, 0.5) is 11.5 Å². The van der Waals surface area contributed by atoms with E-state index in [1.54, 1.807) is 12.4 Å². The summed E-state index contributed by atoms with van der Waals surface area (Å²) in [4.78, 5) is 16.7. The van der Waals surface area contributed by atoms with Crippen LogP contribution >= 0.6 is 0 Å². The fourth-order valence-electron chi connectivity index (χ4n) is 3.85. The van der Waals surface area contributed by atoms with Crippen molar-refractivity contribution >= 4 is 28.1 Å². The zero-order chi connectivity index (χ0) is 22.2. The maximum absolute atomic E-state index is 4.47. The fourth-order valence-corrected chi connectivity index (χ4v) is 3.85. The first-order valence-electron chi connectivity index (χ1n) is 10.8. The molecule has 160 valence electrons. The summed E-state index contributed by atoms with van der Waals surface area (Å²) in [7, 11) is 0. The van der Waals surface area contributed by atoms with E-state index in [4.69, 9.17) is 0 Å². The molecule has 1 saturated carbocycles. The number of nitrogens with one attached hydrogen (secondary N) is 3. The summed E-state index contributed by atoms with van der Waals surface area (Å²) in [5, 5.41) is 7.92. The largest absolute Gasteiger partial charge is 0.359 e. The molecule has 0 radical (unpaired) electrons. The van der Waals surface area contributed by atoms with Gasteiger partial charge in [-0.15, -0.1) is 0 Å². The van der Waals surface area contributed by atoms with Crippen LogP contribution in [0, 0.1) is 19.8 Å². The van der Waals surface area contributed by atoms with Crippen molar-refractivity contribution < 1.29 is 0 Å². The maximum Gasteiger partial charge on any atom is 0.130 e. The van der Waals surface area contributed by atoms with Crippen molar-refractivity contribution in [3.05, 3.63) is 84.9 Å². The van der Waals surface area contributed by atoms with Gasteiger partial charge >= 0.3 is 0 Å². The average molecular weight is 423 g/mol. The minimum absolute atomic E-state index is 0.580. The zero-order valence-corrected chi connectivity index (χ0v) is 18.4. The first kappa shape index (κ1) is 20.0. The van der Waals surface area contributed by atoms with E-state index < -0.39 is 0 Å². The van der Waals surface area contributed by atoms with E-state index >= 15 is 0 Å². The molecule has 6 nitrogen and oxygen atoms in total. The molecule has 0 aliphatic heterocycles. The third-order valence-electron chi connectivity index (χ3n) is 5.74. The number of aromatic amines is 1. The number of anilines is 2. The topological polar surface area (TPSA) is 78.5 Å². The Labute approximate surface area is 187 Å². The van der Waals surface area contributed by atoms with E-state index in [2.05, 4.69) is 68.9 Å². The van der Waals surface area contributed by atoms with E-state index in [-0.39, 0.29) is 0 Å². The molecule has 1 aliphatic carbocycles. The van der Waals surface area contributed by atoms with Gasteiger partial charge in [0.1, 0.15) is 11.5 Å². The number of H-pyrrole nitrogens is 1. The summed E-state index contributed by atoms with van der Waals surface area (Å²) in [6.07, 6.45) is 9.78. The van der Waals surface area contributed by atoms with Crippen molar-refractivity contribution in [2.75, 3.05) is 10.6 Å². The monoisotopic (exact) mass is 422 g/mol. The minimum atomic E-state index is 0.580. The van der Waals surface area contributed by atoms with Gasteiger partial charge in [-0.1, -0.05) is 13.2 Å². The van der Waals surface area contributed by atoms with Gasteiger partial charge < -0.3 is 15.6 Å². The molecule has 1 aromatic carbocycles. The van der Waals surface area contributed by atoms with Gasteiger partial charge in [0.2, 0.25) is 0 Å². The second kappa shape index (κ2) is 7.96. The van der Waals surface area contributed by atoms with E-state index in [0.717, 1.165) is 56.2 Å². The van der Waals surface area contributed by atoms with Crippen LogP contribution in [0.15, 0.2) is 67.9 Å². The van der Waals surface area contributed by atoms with E-state index in [1.807, 2.05) is 25.4 Å². The number of hydrogen-bond donors (Lipinski definition) is 3. The van der Waals surface area contributed by atoms with Crippen molar-refractivity contribution in [2.24, 2.45) is 5.92 Å². The second-order valence-electron chi connectivity index (χ2n) is 8.44. The number of aryl methyl sites for hydroxylation is 2. The Bertz CT molecular complexity index is 1330. The van der Waals surface area contributed by atoms with Gasteiger partial charge in [-0.3, -0.25) is 9.97 Å². The highest BCUT2D eigenvalue weighted by Crippen LogP contribution is 2.37. The van der Waals surface area contributed by atoms with Crippen molar-refractivity contribution in [3.63, 3.8) is 0 Å². The lowest BCUT2D eigenvalue weighted by Gasteiger charge is -2.12. The predicted octanol–water partition coefficient (Wildman–Crippen LogP) is 6.06. The van der Waals surface area contributed by atoms with Crippen LogP contribution in [0.1, 0.15) is 29.8 Å². The number of allylic oxidation sites excluding steroid dienone is 1. The summed E-state index contributed by atoms with van der Waals surface area (Å²) in [6.45, 7) is 12.3. The lowest BCUT2D eigenvalue weighted by molar-refractivity contribution is 1.01. The van der Waals surface area contributed by atoms with Crippen molar-refractivity contribution in [1.82, 2.24) is 19.9 Å². The fraction of sp³-hybridized carbons (Fsp3) is 0.192. The van der Waals surface area contributed by atoms with Gasteiger partial charge in [0.15, 0.2) is 0 Å². The number of rotatable bonds is 7. The van der Waals surface area contributed by atoms with Crippen molar-refractivity contribution in [3.8, 4) is 11.1 Å². The number of pyridine rings is 1. The van der Waals surface area contributed by atoms with Crippen LogP contribution in [0.25, 0.3) is 27.7 Å². The quantitative estimate of drug-likeness (QED) is 0.338. The number of hydrogen-bond acceptors (Lipinski definition) is 5. The molecule has 32 heavy (non-hydrogen) atoms. The number of aromatic nitrogens is 4. The lowest BCUT2D eigenvalue weighted by atomic mass is 10.0. The number of benzene rings is 1. The molecule has 0 bridgehead atoms. The molecule has 0 saturated heterocycles. The third kappa shape index (κ3) is 3.99. The summed E-state index contributed by atoms with van der Waals surface area (Å²) >= 11 is 0. The second-order valence-corrected chi connectivity index (χ2v) is 8.44. The molecule has 1 fully saturated rings. The van der Waals surface area contributed by atoms with Crippen molar-refractivity contribution in [1.29, 1.82) is 0 Å². The van der Waals surface area contributed by atoms with Gasteiger partial charge in [-0.25, -0.2) is 4.98 Å². The molecule has 5 rings (SSSR count). The Kier molecular flexibility index (Phi) is 4.98. The standard InChI is InChI=1S/C26H26N6/c1-15-9-21-22(20-7-8-27-25(11-20)32-17(3)19-5-6-19)13-30-26(21)23(10-15)31-18(4)24-14-28-16(2)12-29-24/h7-14,19,30-31H,3-6H2,1-2H3,(H,27,32). The van der Waals surface area contributed by atoms with Crippen molar-refractivity contribution in [2.45, 2.75) is 26.7 Å². The third-order valence-corrected chi connectivity index (χ3v) is 5.74. The van der Waals surface area contributed by atoms with E-state index in [1.165, 1.54) is 12.8 Å². The molecule has 0 unspecified atom stereocenters. The van der Waals surface area contributed by atoms with Crippen LogP contribution in [-0.4, -0.2) is 19.9 Å². The van der Waals surface area contributed by atoms with Crippen LogP contribution in [0.2, 0.25) is 0 Å². The van der Waals surface area contributed by atoms with E-state index in [0.29, 0.717) is 11.6 Å². The summed E-state index contributed by atoms with van der Waals surface area (Å²) in [5.74, 6) is 1.40. The molecular weight excluding hydrogens is 396 g/mol. The highest BCUT2D eigenvalue weighted by molar-refractivity contribution is 6.03. The molecule has 3 heterocycles. The van der Waals surface area contributed by atoms with Gasteiger partial charge in [0.05, 0.1) is 28.8 Å². The first-order chi connectivity index (χ1) is 15.5. The molecule has 0 atom stereocenters. The summed E-state index contributed by atoms with van der Waals surface area (Å²) in [5.41, 5.74) is 8.68. The Morgan fingerprint density at radius 2 is 1.88 bits per heavy atom. The Morgan fingerprint density at radius 3 is 2.62 bits per heavy atom. The lowest BCUT2D eigenvalue weighted by Crippen LogP contribution is -2.02. The summed E-state index contributed by atoms with van der Waals surface area (Å²) < 4.78 is 0. The van der Waals surface area contributed by atoms with Gasteiger partial charge in [-0.05, 0) is 68.0 Å². The van der Waals surface area contributed by atoms with Gasteiger partial charge in [0.25, 0.3) is 0 Å². The molecule has 3 aromatic heterocycles. The Hall–Kier alpha value is -3.93. The van der Waals surface area contributed by atoms with Crippen LogP contribution in [-0.2, 0) is 0 Å². The molecule has 0 spiro atoms. The van der Waals surface area contributed by atoms with Crippen LogP contribution in [0.5, 0.6) is 0 Å². The normalized spacial score (nSPS) is 13.2. The maximum atomic E-state index is 4.47. The molecule has 6 heteroatoms. The zero-order valence-electron chi connectivity index (χ0n) is 18.4. The van der Waals surface area contributed by atoms with Crippen LogP contribution in [0.3, 0.4) is 0 Å².